The molecule has 0 saturated carbocycles. The zero-order valence-corrected chi connectivity index (χ0v) is 23.6. The van der Waals surface area contributed by atoms with E-state index in [0.717, 1.165) is 50.1 Å². The molecule has 7 heteroatoms. The van der Waals surface area contributed by atoms with E-state index in [9.17, 15) is 20.1 Å². The van der Waals surface area contributed by atoms with E-state index in [0.29, 0.717) is 30.0 Å². The summed E-state index contributed by atoms with van der Waals surface area (Å²) in [4.78, 5) is 31.8. The lowest BCUT2D eigenvalue weighted by Gasteiger charge is -2.50. The van der Waals surface area contributed by atoms with E-state index in [-0.39, 0.29) is 29.3 Å². The number of benzene rings is 2. The van der Waals surface area contributed by atoms with Gasteiger partial charge in [-0.2, -0.15) is 10.5 Å². The Hall–Kier alpha value is -3.68. The maximum atomic E-state index is 13.7. The van der Waals surface area contributed by atoms with Crippen LogP contribution in [0.2, 0.25) is 0 Å². The lowest BCUT2D eigenvalue weighted by molar-refractivity contribution is -0.141. The van der Waals surface area contributed by atoms with Crippen molar-refractivity contribution < 1.29 is 9.59 Å². The van der Waals surface area contributed by atoms with Crippen LogP contribution in [0.25, 0.3) is 0 Å². The van der Waals surface area contributed by atoms with Crippen molar-refractivity contribution in [2.24, 2.45) is 11.3 Å². The largest absolute Gasteiger partial charge is 0.343 e. The van der Waals surface area contributed by atoms with E-state index in [2.05, 4.69) is 42.7 Å². The first-order chi connectivity index (χ1) is 18.6. The molecule has 2 amide bonds. The number of carbonyl (C=O) groups is 2. The number of likely N-dealkylation sites (tertiary alicyclic amines) is 1. The molecule has 2 heterocycles. The second-order valence-corrected chi connectivity index (χ2v) is 12.0. The molecule has 2 aromatic rings. The molecule has 0 aromatic heterocycles. The van der Waals surface area contributed by atoms with Crippen LogP contribution in [0, 0.1) is 34.0 Å². The summed E-state index contributed by atoms with van der Waals surface area (Å²) in [5.41, 5.74) is 3.29. The molecule has 2 aliphatic heterocycles. The van der Waals surface area contributed by atoms with Gasteiger partial charge >= 0.3 is 0 Å². The second-order valence-electron chi connectivity index (χ2n) is 12.0. The lowest BCUT2D eigenvalue weighted by atomic mass is 9.82. The van der Waals surface area contributed by atoms with Gasteiger partial charge in [-0.25, -0.2) is 0 Å². The van der Waals surface area contributed by atoms with E-state index >= 15 is 0 Å². The standard InChI is InChI=1S/C32H39N5O2/c1-23(38)35-15-13-24(14-16-35)19-30(39)37-18-17-36(22-29(37)32(2,3)4)31(27-9-5-25(20-33)6-10-27)28-11-7-26(21-34)8-12-28/h5-12,24,29,31H,13-19,22H2,1-4H3/t29-/m1/s1. The van der Waals surface area contributed by atoms with Crippen LogP contribution in [-0.4, -0.2) is 65.3 Å². The zero-order chi connectivity index (χ0) is 28.2. The van der Waals surface area contributed by atoms with Gasteiger partial charge in [-0.15, -0.1) is 0 Å². The van der Waals surface area contributed by atoms with E-state index < -0.39 is 0 Å². The number of nitrogens with zero attached hydrogens (tertiary/aromatic N) is 5. The summed E-state index contributed by atoms with van der Waals surface area (Å²) in [5.74, 6) is 0.642. The first kappa shape index (κ1) is 28.3. The minimum absolute atomic E-state index is 0.0373. The Morgan fingerprint density at radius 3 is 1.82 bits per heavy atom. The smallest absolute Gasteiger partial charge is 0.223 e. The van der Waals surface area contributed by atoms with Gasteiger partial charge in [0, 0.05) is 52.1 Å². The highest BCUT2D eigenvalue weighted by Gasteiger charge is 2.40. The van der Waals surface area contributed by atoms with Crippen LogP contribution in [0.4, 0.5) is 0 Å². The van der Waals surface area contributed by atoms with Crippen LogP contribution in [0.15, 0.2) is 48.5 Å². The molecule has 7 nitrogen and oxygen atoms in total. The molecule has 2 fully saturated rings. The molecule has 204 valence electrons. The average molecular weight is 526 g/mol. The molecular formula is C32H39N5O2. The van der Waals surface area contributed by atoms with Crippen LogP contribution in [-0.2, 0) is 9.59 Å². The van der Waals surface area contributed by atoms with Crippen molar-refractivity contribution in [3.05, 3.63) is 70.8 Å². The number of hydrogen-bond acceptors (Lipinski definition) is 5. The third-order valence-corrected chi connectivity index (χ3v) is 8.33. The topological polar surface area (TPSA) is 91.4 Å². The Morgan fingerprint density at radius 1 is 0.872 bits per heavy atom. The Kier molecular flexibility index (Phi) is 8.73. The molecule has 2 aromatic carbocycles. The predicted octanol–water partition coefficient (Wildman–Crippen LogP) is 4.73. The first-order valence-electron chi connectivity index (χ1n) is 13.9. The van der Waals surface area contributed by atoms with Gasteiger partial charge in [-0.1, -0.05) is 45.0 Å². The number of nitriles is 2. The molecule has 0 unspecified atom stereocenters. The van der Waals surface area contributed by atoms with Crippen molar-refractivity contribution in [2.75, 3.05) is 32.7 Å². The summed E-state index contributed by atoms with van der Waals surface area (Å²) in [5, 5.41) is 18.6. The fourth-order valence-electron chi connectivity index (χ4n) is 5.99. The van der Waals surface area contributed by atoms with Crippen LogP contribution in [0.5, 0.6) is 0 Å². The molecule has 2 aliphatic rings. The molecule has 0 spiro atoms. The molecule has 1 atom stereocenters. The molecule has 4 rings (SSSR count). The number of rotatable bonds is 5. The monoisotopic (exact) mass is 525 g/mol. The summed E-state index contributed by atoms with van der Waals surface area (Å²) in [6.45, 7) is 11.8. The van der Waals surface area contributed by atoms with Crippen LogP contribution >= 0.6 is 0 Å². The molecule has 0 N–H and O–H groups in total. The molecule has 2 saturated heterocycles. The SMILES string of the molecule is CC(=O)N1CCC(CC(=O)N2CCN(C(c3ccc(C#N)cc3)c3ccc(C#N)cc3)C[C@@H]2C(C)(C)C)CC1. The third kappa shape index (κ3) is 6.67. The fraction of sp³-hybridized carbons (Fsp3) is 0.500. The van der Waals surface area contributed by atoms with Gasteiger partial charge in [0.15, 0.2) is 0 Å². The van der Waals surface area contributed by atoms with Crippen molar-refractivity contribution >= 4 is 11.8 Å². The van der Waals surface area contributed by atoms with Crippen molar-refractivity contribution in [1.82, 2.24) is 14.7 Å². The first-order valence-corrected chi connectivity index (χ1v) is 13.9. The van der Waals surface area contributed by atoms with E-state index in [4.69, 9.17) is 0 Å². The quantitative estimate of drug-likeness (QED) is 0.563. The summed E-state index contributed by atoms with van der Waals surface area (Å²) in [6.07, 6.45) is 2.29. The lowest BCUT2D eigenvalue weighted by Crippen LogP contribution is -2.60. The van der Waals surface area contributed by atoms with Crippen molar-refractivity contribution in [1.29, 1.82) is 10.5 Å². The minimum atomic E-state index is -0.119. The number of hydrogen-bond donors (Lipinski definition) is 0. The molecule has 0 aliphatic carbocycles. The van der Waals surface area contributed by atoms with Crippen molar-refractivity contribution in [3.8, 4) is 12.1 Å². The van der Waals surface area contributed by atoms with Gasteiger partial charge in [0.05, 0.1) is 29.3 Å². The third-order valence-electron chi connectivity index (χ3n) is 8.33. The highest BCUT2D eigenvalue weighted by atomic mass is 16.2. The minimum Gasteiger partial charge on any atom is -0.343 e. The average Bonchev–Trinajstić information content (AvgIpc) is 2.93. The normalized spacial score (nSPS) is 19.0. The molecule has 0 radical (unpaired) electrons. The maximum absolute atomic E-state index is 13.7. The summed E-state index contributed by atoms with van der Waals surface area (Å²) < 4.78 is 0. The molecule has 0 bridgehead atoms. The number of piperidine rings is 1. The van der Waals surface area contributed by atoms with Crippen LogP contribution in [0.1, 0.15) is 75.3 Å². The number of piperazine rings is 1. The van der Waals surface area contributed by atoms with Crippen LogP contribution < -0.4 is 0 Å². The van der Waals surface area contributed by atoms with Crippen molar-refractivity contribution in [2.45, 2.75) is 59.0 Å². The Bertz CT molecular complexity index is 1180. The second kappa shape index (κ2) is 12.0. The number of carbonyl (C=O) groups excluding carboxylic acids is 2. The predicted molar refractivity (Wildman–Crippen MR) is 150 cm³/mol. The summed E-state index contributed by atoms with van der Waals surface area (Å²) in [7, 11) is 0. The number of amides is 2. The highest BCUT2D eigenvalue weighted by Crippen LogP contribution is 2.36. The van der Waals surface area contributed by atoms with Gasteiger partial charge in [-0.05, 0) is 59.6 Å². The van der Waals surface area contributed by atoms with E-state index in [1.54, 1.807) is 6.92 Å². The fourth-order valence-corrected chi connectivity index (χ4v) is 5.99. The van der Waals surface area contributed by atoms with Gasteiger partial charge in [0.25, 0.3) is 0 Å². The summed E-state index contributed by atoms with van der Waals surface area (Å²) >= 11 is 0. The maximum Gasteiger partial charge on any atom is 0.223 e. The van der Waals surface area contributed by atoms with Gasteiger partial charge in [0.1, 0.15) is 0 Å². The molecular weight excluding hydrogens is 486 g/mol. The Labute approximate surface area is 232 Å². The van der Waals surface area contributed by atoms with E-state index in [1.807, 2.05) is 53.4 Å². The highest BCUT2D eigenvalue weighted by molar-refractivity contribution is 5.77. The van der Waals surface area contributed by atoms with Gasteiger partial charge < -0.3 is 9.80 Å². The zero-order valence-electron chi connectivity index (χ0n) is 23.6. The Balaban J connectivity index is 1.56. The molecule has 39 heavy (non-hydrogen) atoms. The Morgan fingerprint density at radius 2 is 1.38 bits per heavy atom. The van der Waals surface area contributed by atoms with Crippen LogP contribution in [0.3, 0.4) is 0 Å². The van der Waals surface area contributed by atoms with E-state index in [1.165, 1.54) is 0 Å². The van der Waals surface area contributed by atoms with Gasteiger partial charge in [-0.3, -0.25) is 14.5 Å². The summed E-state index contributed by atoms with van der Waals surface area (Å²) in [6, 6.07) is 19.8. The van der Waals surface area contributed by atoms with Gasteiger partial charge in [0.2, 0.25) is 11.8 Å². The van der Waals surface area contributed by atoms with Crippen molar-refractivity contribution in [3.63, 3.8) is 0 Å².